The monoisotopic (exact) mass is 591 g/mol. The molecular weight excluding hydrogens is 538 g/mol. The summed E-state index contributed by atoms with van der Waals surface area (Å²) in [5, 5.41) is 5.18. The fourth-order valence-corrected chi connectivity index (χ4v) is 7.60. The van der Waals surface area contributed by atoms with Gasteiger partial charge in [0.1, 0.15) is 11.6 Å². The number of carbonyl (C=O) groups excluding carboxylic acids is 2. The van der Waals surface area contributed by atoms with Crippen molar-refractivity contribution in [1.82, 2.24) is 20.1 Å². The molecule has 236 valence electrons. The van der Waals surface area contributed by atoms with Crippen LogP contribution in [0.15, 0.2) is 30.5 Å². The Morgan fingerprint density at radius 3 is 2.51 bits per heavy atom. The number of amides is 2. The molecule has 1 aromatic heterocycles. The van der Waals surface area contributed by atoms with Crippen LogP contribution in [0.25, 0.3) is 10.8 Å². The molecule has 0 bridgehead atoms. The van der Waals surface area contributed by atoms with Gasteiger partial charge in [0.25, 0.3) is 0 Å². The Labute approximate surface area is 258 Å². The number of hydrogen-bond donors (Lipinski definition) is 2. The van der Waals surface area contributed by atoms with Gasteiger partial charge in [0.15, 0.2) is 0 Å². The van der Waals surface area contributed by atoms with Gasteiger partial charge in [-0.1, -0.05) is 44.9 Å². The first-order chi connectivity index (χ1) is 21.0. The Morgan fingerprint density at radius 1 is 1.00 bits per heavy atom. The molecule has 8 nitrogen and oxygen atoms in total. The van der Waals surface area contributed by atoms with Crippen LogP contribution >= 0.6 is 0 Å². The summed E-state index contributed by atoms with van der Waals surface area (Å²) in [7, 11) is 2.15. The number of fused-ring (bicyclic) bond motifs is 1. The molecule has 3 aliphatic rings. The average molecular weight is 592 g/mol. The molecule has 8 heteroatoms. The number of ether oxygens (including phenoxy) is 1. The summed E-state index contributed by atoms with van der Waals surface area (Å²) in [5.41, 5.74) is 6.01. The highest BCUT2D eigenvalue weighted by atomic mass is 16.5. The lowest BCUT2D eigenvalue weighted by Gasteiger charge is -2.42. The first-order valence-electron chi connectivity index (χ1n) is 17.1. The maximum absolute atomic E-state index is 14.4. The van der Waals surface area contributed by atoms with Gasteiger partial charge in [-0.05, 0) is 88.1 Å². The summed E-state index contributed by atoms with van der Waals surface area (Å²) in [5.74, 6) is 1.64. The Kier molecular flexibility index (Phi) is 11.5. The van der Waals surface area contributed by atoms with Crippen molar-refractivity contribution in [3.63, 3.8) is 0 Å². The summed E-state index contributed by atoms with van der Waals surface area (Å²) in [6.07, 6.45) is 19.8. The number of nitrogen functional groups attached to an aromatic ring is 1. The van der Waals surface area contributed by atoms with Gasteiger partial charge < -0.3 is 20.7 Å². The molecule has 2 saturated carbocycles. The molecule has 1 saturated heterocycles. The summed E-state index contributed by atoms with van der Waals surface area (Å²) < 4.78 is 6.19. The van der Waals surface area contributed by atoms with E-state index in [1.54, 1.807) is 6.20 Å². The van der Waals surface area contributed by atoms with Gasteiger partial charge in [-0.3, -0.25) is 14.5 Å². The number of piperidine rings is 1. The maximum Gasteiger partial charge on any atom is 0.240 e. The number of likely N-dealkylation sites (tertiary alicyclic amines) is 1. The summed E-state index contributed by atoms with van der Waals surface area (Å²) in [4.78, 5) is 36.0. The van der Waals surface area contributed by atoms with E-state index in [0.717, 1.165) is 74.4 Å². The zero-order chi connectivity index (χ0) is 30.0. The third kappa shape index (κ3) is 8.62. The number of benzene rings is 1. The minimum Gasteiger partial charge on any atom is -0.493 e. The number of anilines is 1. The van der Waals surface area contributed by atoms with Crippen molar-refractivity contribution in [2.24, 2.45) is 0 Å². The fourth-order valence-electron chi connectivity index (χ4n) is 7.60. The Balaban J connectivity index is 1.24. The lowest BCUT2D eigenvalue weighted by molar-refractivity contribution is -0.142. The highest BCUT2D eigenvalue weighted by Gasteiger charge is 2.36. The summed E-state index contributed by atoms with van der Waals surface area (Å²) in [6.45, 7) is 1.34. The fraction of sp³-hybridized carbons (Fsp3) is 0.686. The molecule has 3 N–H and O–H groups in total. The van der Waals surface area contributed by atoms with E-state index < -0.39 is 0 Å². The quantitative estimate of drug-likeness (QED) is 0.322. The van der Waals surface area contributed by atoms with Gasteiger partial charge in [-0.2, -0.15) is 0 Å². The van der Waals surface area contributed by atoms with Crippen LogP contribution < -0.4 is 15.8 Å². The minimum atomic E-state index is -0.264. The van der Waals surface area contributed by atoms with E-state index in [-0.39, 0.29) is 23.9 Å². The lowest BCUT2D eigenvalue weighted by Crippen LogP contribution is -2.55. The molecular formula is C35H53N5O3. The zero-order valence-corrected chi connectivity index (χ0v) is 26.3. The zero-order valence-electron chi connectivity index (χ0n) is 26.3. The van der Waals surface area contributed by atoms with Crippen LogP contribution in [0.4, 0.5) is 5.82 Å². The number of pyridine rings is 1. The van der Waals surface area contributed by atoms with Gasteiger partial charge >= 0.3 is 0 Å². The van der Waals surface area contributed by atoms with Crippen LogP contribution in [-0.4, -0.2) is 71.0 Å². The van der Waals surface area contributed by atoms with E-state index in [9.17, 15) is 9.59 Å². The molecule has 1 aromatic carbocycles. The SMILES string of the molecule is CN(C1CCCCCCC1)[C@@H](CCC(=O)NC1CCCC1)C(=O)N1CCCCC1CCOc1ccc2c(N)nccc2c1. The third-order valence-corrected chi connectivity index (χ3v) is 10.2. The molecule has 2 aliphatic carbocycles. The van der Waals surface area contributed by atoms with Gasteiger partial charge in [0, 0.05) is 49.1 Å². The average Bonchev–Trinajstić information content (AvgIpc) is 3.50. The lowest BCUT2D eigenvalue weighted by atomic mass is 9.93. The predicted molar refractivity (Wildman–Crippen MR) is 173 cm³/mol. The van der Waals surface area contributed by atoms with Gasteiger partial charge in [0.2, 0.25) is 11.8 Å². The van der Waals surface area contributed by atoms with Crippen molar-refractivity contribution >= 4 is 28.4 Å². The highest BCUT2D eigenvalue weighted by molar-refractivity contribution is 5.91. The van der Waals surface area contributed by atoms with Crippen LogP contribution in [0.2, 0.25) is 0 Å². The van der Waals surface area contributed by atoms with Crippen molar-refractivity contribution in [2.75, 3.05) is 25.9 Å². The smallest absolute Gasteiger partial charge is 0.240 e. The molecule has 5 rings (SSSR count). The molecule has 2 atom stereocenters. The highest BCUT2D eigenvalue weighted by Crippen LogP contribution is 2.28. The first-order valence-corrected chi connectivity index (χ1v) is 17.1. The van der Waals surface area contributed by atoms with E-state index in [2.05, 4.69) is 27.1 Å². The number of nitrogens with one attached hydrogen (secondary N) is 1. The van der Waals surface area contributed by atoms with E-state index in [1.165, 1.54) is 44.9 Å². The van der Waals surface area contributed by atoms with Gasteiger partial charge in [-0.15, -0.1) is 0 Å². The molecule has 0 radical (unpaired) electrons. The van der Waals surface area contributed by atoms with Gasteiger partial charge in [0.05, 0.1) is 12.6 Å². The second kappa shape index (κ2) is 15.7. The largest absolute Gasteiger partial charge is 0.493 e. The van der Waals surface area contributed by atoms with Crippen molar-refractivity contribution in [3.8, 4) is 5.75 Å². The van der Waals surface area contributed by atoms with E-state index in [0.29, 0.717) is 37.4 Å². The van der Waals surface area contributed by atoms with Crippen molar-refractivity contribution < 1.29 is 14.3 Å². The number of rotatable bonds is 11. The number of carbonyl (C=O) groups is 2. The number of nitrogens with two attached hydrogens (primary N) is 1. The number of nitrogens with zero attached hydrogens (tertiary/aromatic N) is 3. The molecule has 2 heterocycles. The second-order valence-corrected chi connectivity index (χ2v) is 13.2. The van der Waals surface area contributed by atoms with E-state index >= 15 is 0 Å². The Morgan fingerprint density at radius 2 is 1.72 bits per heavy atom. The molecule has 3 fully saturated rings. The van der Waals surface area contributed by atoms with E-state index in [1.807, 2.05) is 24.3 Å². The molecule has 43 heavy (non-hydrogen) atoms. The predicted octanol–water partition coefficient (Wildman–Crippen LogP) is 6.22. The Bertz CT molecular complexity index is 1190. The molecule has 2 amide bonds. The van der Waals surface area contributed by atoms with Crippen LogP contribution in [-0.2, 0) is 9.59 Å². The second-order valence-electron chi connectivity index (χ2n) is 13.2. The van der Waals surface area contributed by atoms with Crippen LogP contribution in [0, 0.1) is 0 Å². The topological polar surface area (TPSA) is 101 Å². The number of hydrogen-bond acceptors (Lipinski definition) is 6. The Hall–Kier alpha value is -2.87. The standard InChI is InChI=1S/C35H53N5O3/c1-39(28-13-5-3-2-4-6-14-28)32(18-19-33(41)38-27-11-7-8-12-27)35(42)40-23-10-9-15-29(40)21-24-43-30-16-17-31-26(25-30)20-22-37-34(31)36/h16-17,20,22,25,27-29,32H,2-15,18-19,21,23-24H2,1H3,(H2,36,37)(H,38,41)/t29?,32-/m0/s1. The van der Waals surface area contributed by atoms with Crippen molar-refractivity contribution in [3.05, 3.63) is 30.5 Å². The molecule has 1 aliphatic heterocycles. The summed E-state index contributed by atoms with van der Waals surface area (Å²) in [6, 6.07) is 8.46. The third-order valence-electron chi connectivity index (χ3n) is 10.2. The molecule has 2 aromatic rings. The number of aromatic nitrogens is 1. The minimum absolute atomic E-state index is 0.104. The van der Waals surface area contributed by atoms with Crippen LogP contribution in [0.5, 0.6) is 5.75 Å². The normalized spacial score (nSPS) is 21.4. The van der Waals surface area contributed by atoms with Crippen LogP contribution in [0.3, 0.4) is 0 Å². The molecule has 0 spiro atoms. The first kappa shape index (κ1) is 31.6. The molecule has 1 unspecified atom stereocenters. The van der Waals surface area contributed by atoms with Crippen molar-refractivity contribution in [2.45, 2.75) is 133 Å². The van der Waals surface area contributed by atoms with Crippen molar-refractivity contribution in [1.29, 1.82) is 0 Å². The van der Waals surface area contributed by atoms with E-state index in [4.69, 9.17) is 10.5 Å². The number of likely N-dealkylation sites (N-methyl/N-ethyl adjacent to an activating group) is 1. The van der Waals surface area contributed by atoms with Gasteiger partial charge in [-0.25, -0.2) is 4.98 Å². The summed E-state index contributed by atoms with van der Waals surface area (Å²) >= 11 is 0. The van der Waals surface area contributed by atoms with Crippen LogP contribution in [0.1, 0.15) is 109 Å². The maximum atomic E-state index is 14.4.